The van der Waals surface area contributed by atoms with Gasteiger partial charge in [-0.2, -0.15) is 0 Å². The number of carbonyl (C=O) groups is 1. The summed E-state index contributed by atoms with van der Waals surface area (Å²) >= 11 is 0. The summed E-state index contributed by atoms with van der Waals surface area (Å²) in [5, 5.41) is 3.36. The number of aryl methyl sites for hydroxylation is 2. The predicted molar refractivity (Wildman–Crippen MR) is 86.7 cm³/mol. The minimum atomic E-state index is -0.320. The lowest BCUT2D eigenvalue weighted by atomic mass is 10.1. The van der Waals surface area contributed by atoms with Crippen LogP contribution in [0.5, 0.6) is 0 Å². The van der Waals surface area contributed by atoms with Gasteiger partial charge < -0.3 is 9.88 Å². The quantitative estimate of drug-likeness (QED) is 0.756. The summed E-state index contributed by atoms with van der Waals surface area (Å²) in [6.45, 7) is 3.96. The topological polar surface area (TPSA) is 34.0 Å². The number of hydrogen-bond acceptors (Lipinski definition) is 1. The van der Waals surface area contributed by atoms with Crippen molar-refractivity contribution < 1.29 is 9.18 Å². The lowest BCUT2D eigenvalue weighted by Crippen LogP contribution is -2.16. The maximum Gasteiger partial charge on any atom is 0.272 e. The average Bonchev–Trinajstić information content (AvgIpc) is 2.83. The second-order valence-electron chi connectivity index (χ2n) is 5.46. The van der Waals surface area contributed by atoms with Crippen molar-refractivity contribution in [2.24, 2.45) is 7.05 Å². The molecule has 3 rings (SSSR count). The van der Waals surface area contributed by atoms with Crippen LogP contribution in [0.2, 0.25) is 0 Å². The molecule has 22 heavy (non-hydrogen) atoms. The number of carbonyl (C=O) groups excluding carboxylic acids is 1. The summed E-state index contributed by atoms with van der Waals surface area (Å²) in [7, 11) is 1.76. The first-order valence-electron chi connectivity index (χ1n) is 7.10. The van der Waals surface area contributed by atoms with Crippen LogP contribution in [0, 0.1) is 19.7 Å². The zero-order valence-electron chi connectivity index (χ0n) is 12.8. The Morgan fingerprint density at radius 1 is 1.14 bits per heavy atom. The van der Waals surface area contributed by atoms with Gasteiger partial charge in [-0.3, -0.25) is 4.79 Å². The number of nitrogens with zero attached hydrogens (tertiary/aromatic N) is 1. The molecule has 1 heterocycles. The largest absolute Gasteiger partial charge is 0.340 e. The molecular formula is C18H17FN2O. The van der Waals surface area contributed by atoms with Crippen LogP contribution >= 0.6 is 0 Å². The van der Waals surface area contributed by atoms with Crippen LogP contribution in [0.4, 0.5) is 10.1 Å². The number of fused-ring (bicyclic) bond motifs is 1. The highest BCUT2D eigenvalue weighted by Gasteiger charge is 2.16. The molecular weight excluding hydrogens is 279 g/mol. The summed E-state index contributed by atoms with van der Waals surface area (Å²) in [5.41, 5.74) is 4.05. The molecule has 112 valence electrons. The average molecular weight is 296 g/mol. The monoisotopic (exact) mass is 296 g/mol. The zero-order valence-corrected chi connectivity index (χ0v) is 12.8. The van der Waals surface area contributed by atoms with E-state index in [0.29, 0.717) is 16.6 Å². The summed E-state index contributed by atoms with van der Waals surface area (Å²) in [6.07, 6.45) is 0. The third-order valence-corrected chi connectivity index (χ3v) is 4.12. The van der Waals surface area contributed by atoms with Gasteiger partial charge in [-0.1, -0.05) is 18.2 Å². The third kappa shape index (κ3) is 2.26. The first-order chi connectivity index (χ1) is 10.5. The number of aromatic nitrogens is 1. The zero-order chi connectivity index (χ0) is 15.9. The van der Waals surface area contributed by atoms with E-state index < -0.39 is 0 Å². The fourth-order valence-corrected chi connectivity index (χ4v) is 2.62. The highest BCUT2D eigenvalue weighted by Crippen LogP contribution is 2.23. The molecule has 0 aliphatic heterocycles. The van der Waals surface area contributed by atoms with E-state index in [0.717, 1.165) is 16.8 Å². The Labute approximate surface area is 128 Å². The van der Waals surface area contributed by atoms with Crippen LogP contribution in [0.15, 0.2) is 42.5 Å². The van der Waals surface area contributed by atoms with E-state index in [1.165, 1.54) is 6.07 Å². The normalized spacial score (nSPS) is 10.9. The van der Waals surface area contributed by atoms with E-state index in [1.54, 1.807) is 29.8 Å². The fraction of sp³-hybridized carbons (Fsp3) is 0.167. The Hall–Kier alpha value is -2.62. The minimum Gasteiger partial charge on any atom is -0.340 e. The molecule has 3 nitrogen and oxygen atoms in total. The van der Waals surface area contributed by atoms with Crippen LogP contribution in [-0.2, 0) is 7.05 Å². The molecule has 0 aliphatic carbocycles. The Morgan fingerprint density at radius 2 is 1.86 bits per heavy atom. The van der Waals surface area contributed by atoms with Crippen molar-refractivity contribution in [2.75, 3.05) is 5.32 Å². The van der Waals surface area contributed by atoms with E-state index in [1.807, 2.05) is 32.0 Å². The lowest BCUT2D eigenvalue weighted by Gasteiger charge is -2.10. The molecule has 0 saturated carbocycles. The molecule has 3 aromatic rings. The number of nitrogens with one attached hydrogen (secondary N) is 1. The number of benzene rings is 2. The first kappa shape index (κ1) is 14.3. The molecule has 0 radical (unpaired) electrons. The van der Waals surface area contributed by atoms with Crippen molar-refractivity contribution >= 4 is 22.5 Å². The summed E-state index contributed by atoms with van der Waals surface area (Å²) in [6, 6.07) is 12.2. The third-order valence-electron chi connectivity index (χ3n) is 4.12. The Balaban J connectivity index is 2.01. The fourth-order valence-electron chi connectivity index (χ4n) is 2.62. The van der Waals surface area contributed by atoms with Crippen LogP contribution in [-0.4, -0.2) is 10.5 Å². The lowest BCUT2D eigenvalue weighted by molar-refractivity contribution is 0.101. The van der Waals surface area contributed by atoms with Gasteiger partial charge >= 0.3 is 0 Å². The number of anilines is 1. The molecule has 1 aromatic heterocycles. The number of halogens is 1. The Kier molecular flexibility index (Phi) is 3.45. The van der Waals surface area contributed by atoms with Gasteiger partial charge in [0.1, 0.15) is 11.5 Å². The van der Waals surface area contributed by atoms with Gasteiger partial charge in [0.05, 0.1) is 5.52 Å². The van der Waals surface area contributed by atoms with Gasteiger partial charge in [-0.25, -0.2) is 4.39 Å². The smallest absolute Gasteiger partial charge is 0.272 e. The molecule has 2 aromatic carbocycles. The highest BCUT2D eigenvalue weighted by molar-refractivity contribution is 6.06. The molecule has 0 bridgehead atoms. The minimum absolute atomic E-state index is 0.244. The van der Waals surface area contributed by atoms with Crippen LogP contribution < -0.4 is 5.32 Å². The summed E-state index contributed by atoms with van der Waals surface area (Å²) < 4.78 is 15.5. The number of amides is 1. The molecule has 0 saturated heterocycles. The summed E-state index contributed by atoms with van der Waals surface area (Å²) in [4.78, 5) is 12.5. The van der Waals surface area contributed by atoms with E-state index >= 15 is 0 Å². The van der Waals surface area contributed by atoms with Gasteiger partial charge in [0.25, 0.3) is 5.91 Å². The van der Waals surface area contributed by atoms with Crippen molar-refractivity contribution in [3.63, 3.8) is 0 Å². The maximum atomic E-state index is 13.8. The molecule has 0 unspecified atom stereocenters. The second-order valence-corrected chi connectivity index (χ2v) is 5.46. The SMILES string of the molecule is Cc1cccc(NC(=O)c2cc3c(F)cccc3n2C)c1C. The van der Waals surface area contributed by atoms with Gasteiger partial charge in [0.2, 0.25) is 0 Å². The van der Waals surface area contributed by atoms with E-state index in [-0.39, 0.29) is 11.7 Å². The number of hydrogen-bond donors (Lipinski definition) is 1. The molecule has 0 fully saturated rings. The molecule has 4 heteroatoms. The first-order valence-corrected chi connectivity index (χ1v) is 7.10. The van der Waals surface area contributed by atoms with Gasteiger partial charge in [-0.15, -0.1) is 0 Å². The van der Waals surface area contributed by atoms with Gasteiger partial charge in [0.15, 0.2) is 0 Å². The van der Waals surface area contributed by atoms with Crippen LogP contribution in [0.1, 0.15) is 21.6 Å². The number of rotatable bonds is 2. The Bertz CT molecular complexity index is 880. The van der Waals surface area contributed by atoms with Crippen molar-refractivity contribution in [2.45, 2.75) is 13.8 Å². The predicted octanol–water partition coefficient (Wildman–Crippen LogP) is 4.19. The molecule has 0 aliphatic rings. The van der Waals surface area contributed by atoms with Crippen molar-refractivity contribution in [3.8, 4) is 0 Å². The van der Waals surface area contributed by atoms with Crippen molar-refractivity contribution in [1.29, 1.82) is 0 Å². The van der Waals surface area contributed by atoms with E-state index in [4.69, 9.17) is 0 Å². The molecule has 0 atom stereocenters. The standard InChI is InChI=1S/C18H17FN2O/c1-11-6-4-8-15(12(11)2)20-18(22)17-10-13-14(19)7-5-9-16(13)21(17)3/h4-10H,1-3H3,(H,20,22). The molecule has 1 amide bonds. The van der Waals surface area contributed by atoms with Crippen molar-refractivity contribution in [1.82, 2.24) is 4.57 Å². The highest BCUT2D eigenvalue weighted by atomic mass is 19.1. The van der Waals surface area contributed by atoms with Crippen LogP contribution in [0.3, 0.4) is 0 Å². The summed E-state index contributed by atoms with van der Waals surface area (Å²) in [5.74, 6) is -0.564. The van der Waals surface area contributed by atoms with E-state index in [9.17, 15) is 9.18 Å². The van der Waals surface area contributed by atoms with Gasteiger partial charge in [-0.05, 0) is 49.2 Å². The van der Waals surface area contributed by atoms with E-state index in [2.05, 4.69) is 5.32 Å². The van der Waals surface area contributed by atoms with Crippen LogP contribution in [0.25, 0.3) is 10.9 Å². The Morgan fingerprint density at radius 3 is 2.59 bits per heavy atom. The van der Waals surface area contributed by atoms with Crippen molar-refractivity contribution in [3.05, 3.63) is 65.1 Å². The van der Waals surface area contributed by atoms with Gasteiger partial charge in [0, 0.05) is 18.1 Å². The maximum absolute atomic E-state index is 13.8. The molecule has 0 spiro atoms. The second kappa shape index (κ2) is 5.30. The molecule has 1 N–H and O–H groups in total.